The second-order valence-electron chi connectivity index (χ2n) is 5.74. The molecule has 0 bridgehead atoms. The fraction of sp³-hybridized carbons (Fsp3) is 0.833. The molecule has 0 aromatic rings. The van der Waals surface area contributed by atoms with Gasteiger partial charge in [-0.05, 0) is 26.2 Å². The quantitative estimate of drug-likeness (QED) is 0.291. The number of carboxylic acids is 1. The zero-order chi connectivity index (χ0) is 14.9. The SMILES string of the molecule is CC=CCCCCCCCCCCCCCCC(=O)O. The molecule has 0 aliphatic rings. The van der Waals surface area contributed by atoms with Crippen LogP contribution < -0.4 is 0 Å². The lowest BCUT2D eigenvalue weighted by atomic mass is 10.0. The Labute approximate surface area is 125 Å². The van der Waals surface area contributed by atoms with E-state index in [4.69, 9.17) is 5.11 Å². The highest BCUT2D eigenvalue weighted by atomic mass is 16.4. The maximum absolute atomic E-state index is 10.3. The van der Waals surface area contributed by atoms with E-state index in [0.29, 0.717) is 6.42 Å². The molecular weight excluding hydrogens is 248 g/mol. The van der Waals surface area contributed by atoms with E-state index in [1.54, 1.807) is 0 Å². The van der Waals surface area contributed by atoms with E-state index in [1.807, 2.05) is 0 Å². The molecule has 1 N–H and O–H groups in total. The molecule has 0 aromatic heterocycles. The van der Waals surface area contributed by atoms with E-state index < -0.39 is 5.97 Å². The molecule has 0 saturated carbocycles. The lowest BCUT2D eigenvalue weighted by Crippen LogP contribution is -1.93. The Morgan fingerprint density at radius 1 is 0.750 bits per heavy atom. The molecule has 0 spiro atoms. The maximum atomic E-state index is 10.3. The minimum absolute atomic E-state index is 0.341. The molecule has 0 atom stereocenters. The standard InChI is InChI=1S/C18H34O2/c1-2-3-4-5-6-7-8-9-10-11-12-13-14-15-16-17-18(19)20/h2-3H,4-17H2,1H3,(H,19,20). The third kappa shape index (κ3) is 17.2. The van der Waals surface area contributed by atoms with Crippen molar-refractivity contribution in [3.8, 4) is 0 Å². The van der Waals surface area contributed by atoms with Gasteiger partial charge in [0, 0.05) is 6.42 Å². The summed E-state index contributed by atoms with van der Waals surface area (Å²) in [6.07, 6.45) is 21.4. The van der Waals surface area contributed by atoms with Crippen LogP contribution in [-0.2, 0) is 4.79 Å². The molecule has 0 radical (unpaired) electrons. The molecule has 0 heterocycles. The van der Waals surface area contributed by atoms with Crippen molar-refractivity contribution in [1.82, 2.24) is 0 Å². The average Bonchev–Trinajstić information content (AvgIpc) is 2.43. The van der Waals surface area contributed by atoms with Crippen molar-refractivity contribution in [2.45, 2.75) is 96.8 Å². The van der Waals surface area contributed by atoms with Crippen molar-refractivity contribution in [1.29, 1.82) is 0 Å². The van der Waals surface area contributed by atoms with Gasteiger partial charge in [-0.15, -0.1) is 0 Å². The first kappa shape index (κ1) is 19.2. The highest BCUT2D eigenvalue weighted by molar-refractivity contribution is 5.66. The van der Waals surface area contributed by atoms with Crippen LogP contribution in [0.15, 0.2) is 12.2 Å². The van der Waals surface area contributed by atoms with Crippen LogP contribution in [0.5, 0.6) is 0 Å². The Morgan fingerprint density at radius 2 is 1.15 bits per heavy atom. The van der Waals surface area contributed by atoms with E-state index in [0.717, 1.165) is 12.8 Å². The van der Waals surface area contributed by atoms with E-state index in [-0.39, 0.29) is 0 Å². The maximum Gasteiger partial charge on any atom is 0.303 e. The molecule has 20 heavy (non-hydrogen) atoms. The number of carbonyl (C=O) groups is 1. The highest BCUT2D eigenvalue weighted by Gasteiger charge is 1.96. The van der Waals surface area contributed by atoms with Gasteiger partial charge >= 0.3 is 5.97 Å². The third-order valence-corrected chi connectivity index (χ3v) is 3.75. The van der Waals surface area contributed by atoms with Crippen molar-refractivity contribution >= 4 is 5.97 Å². The summed E-state index contributed by atoms with van der Waals surface area (Å²) in [6.45, 7) is 2.09. The second kappa shape index (κ2) is 16.3. The van der Waals surface area contributed by atoms with Gasteiger partial charge in [-0.2, -0.15) is 0 Å². The van der Waals surface area contributed by atoms with Gasteiger partial charge in [0.2, 0.25) is 0 Å². The first-order valence-corrected chi connectivity index (χ1v) is 8.60. The van der Waals surface area contributed by atoms with Crippen LogP contribution in [0.2, 0.25) is 0 Å². The lowest BCUT2D eigenvalue weighted by Gasteiger charge is -2.02. The van der Waals surface area contributed by atoms with Gasteiger partial charge in [0.15, 0.2) is 0 Å². The summed E-state index contributed by atoms with van der Waals surface area (Å²) in [4.78, 5) is 10.3. The molecule has 0 fully saturated rings. The van der Waals surface area contributed by atoms with Crippen LogP contribution in [0.3, 0.4) is 0 Å². The van der Waals surface area contributed by atoms with Crippen LogP contribution in [0.1, 0.15) is 96.8 Å². The van der Waals surface area contributed by atoms with Gasteiger partial charge in [0.25, 0.3) is 0 Å². The number of carboxylic acid groups (broad SMARTS) is 1. The molecule has 2 heteroatoms. The van der Waals surface area contributed by atoms with E-state index in [2.05, 4.69) is 19.1 Å². The van der Waals surface area contributed by atoms with Crippen LogP contribution in [0.4, 0.5) is 0 Å². The zero-order valence-electron chi connectivity index (χ0n) is 13.4. The number of rotatable bonds is 15. The van der Waals surface area contributed by atoms with Gasteiger partial charge in [-0.25, -0.2) is 0 Å². The van der Waals surface area contributed by atoms with Gasteiger partial charge in [0.1, 0.15) is 0 Å². The summed E-state index contributed by atoms with van der Waals surface area (Å²) in [5.41, 5.74) is 0. The molecule has 0 aliphatic carbocycles. The summed E-state index contributed by atoms with van der Waals surface area (Å²) in [7, 11) is 0. The van der Waals surface area contributed by atoms with E-state index in [9.17, 15) is 4.79 Å². The Balaban J connectivity index is 2.97. The topological polar surface area (TPSA) is 37.3 Å². The second-order valence-corrected chi connectivity index (χ2v) is 5.74. The minimum atomic E-state index is -0.657. The normalized spacial score (nSPS) is 11.2. The van der Waals surface area contributed by atoms with Crippen molar-refractivity contribution in [3.63, 3.8) is 0 Å². The van der Waals surface area contributed by atoms with Crippen molar-refractivity contribution in [3.05, 3.63) is 12.2 Å². The van der Waals surface area contributed by atoms with E-state index in [1.165, 1.54) is 70.6 Å². The molecular formula is C18H34O2. The van der Waals surface area contributed by atoms with E-state index >= 15 is 0 Å². The molecule has 0 amide bonds. The fourth-order valence-corrected chi connectivity index (χ4v) is 2.47. The smallest absolute Gasteiger partial charge is 0.303 e. The predicted molar refractivity (Wildman–Crippen MR) is 87.1 cm³/mol. The van der Waals surface area contributed by atoms with Crippen molar-refractivity contribution < 1.29 is 9.90 Å². The number of hydrogen-bond donors (Lipinski definition) is 1. The largest absolute Gasteiger partial charge is 0.481 e. The van der Waals surface area contributed by atoms with Gasteiger partial charge in [0.05, 0.1) is 0 Å². The summed E-state index contributed by atoms with van der Waals surface area (Å²) in [5, 5.41) is 8.51. The summed E-state index contributed by atoms with van der Waals surface area (Å²) in [5.74, 6) is -0.657. The number of hydrogen-bond acceptors (Lipinski definition) is 1. The molecule has 118 valence electrons. The first-order valence-electron chi connectivity index (χ1n) is 8.60. The van der Waals surface area contributed by atoms with Crippen molar-refractivity contribution in [2.24, 2.45) is 0 Å². The molecule has 0 saturated heterocycles. The highest BCUT2D eigenvalue weighted by Crippen LogP contribution is 2.13. The van der Waals surface area contributed by atoms with Crippen LogP contribution in [0, 0.1) is 0 Å². The molecule has 0 rings (SSSR count). The summed E-state index contributed by atoms with van der Waals surface area (Å²) in [6, 6.07) is 0. The summed E-state index contributed by atoms with van der Waals surface area (Å²) < 4.78 is 0. The average molecular weight is 282 g/mol. The minimum Gasteiger partial charge on any atom is -0.481 e. The van der Waals surface area contributed by atoms with Crippen LogP contribution in [-0.4, -0.2) is 11.1 Å². The third-order valence-electron chi connectivity index (χ3n) is 3.75. The fourth-order valence-electron chi connectivity index (χ4n) is 2.47. The molecule has 2 nitrogen and oxygen atoms in total. The zero-order valence-corrected chi connectivity index (χ0v) is 13.4. The van der Waals surface area contributed by atoms with Crippen LogP contribution >= 0.6 is 0 Å². The Bertz CT molecular complexity index is 234. The molecule has 0 aliphatic heterocycles. The van der Waals surface area contributed by atoms with Gasteiger partial charge < -0.3 is 5.11 Å². The lowest BCUT2D eigenvalue weighted by molar-refractivity contribution is -0.137. The van der Waals surface area contributed by atoms with Crippen molar-refractivity contribution in [2.75, 3.05) is 0 Å². The van der Waals surface area contributed by atoms with Gasteiger partial charge in [-0.3, -0.25) is 4.79 Å². The Morgan fingerprint density at radius 3 is 1.55 bits per heavy atom. The molecule has 0 aromatic carbocycles. The van der Waals surface area contributed by atoms with Gasteiger partial charge in [-0.1, -0.05) is 76.4 Å². The number of allylic oxidation sites excluding steroid dienone is 2. The molecule has 0 unspecified atom stereocenters. The first-order chi connectivity index (χ1) is 9.77. The monoisotopic (exact) mass is 282 g/mol. The Hall–Kier alpha value is -0.790. The Kier molecular flexibility index (Phi) is 15.6. The number of unbranched alkanes of at least 4 members (excludes halogenated alkanes) is 12. The summed E-state index contributed by atoms with van der Waals surface area (Å²) >= 11 is 0. The van der Waals surface area contributed by atoms with Crippen LogP contribution in [0.25, 0.3) is 0 Å². The predicted octanol–water partition coefficient (Wildman–Crippen LogP) is 6.11. The number of aliphatic carboxylic acids is 1.